The van der Waals surface area contributed by atoms with Crippen molar-refractivity contribution < 1.29 is 0 Å². The van der Waals surface area contributed by atoms with Gasteiger partial charge in [0.2, 0.25) is 5.95 Å². The molecule has 0 amide bonds. The maximum absolute atomic E-state index is 5.70. The summed E-state index contributed by atoms with van der Waals surface area (Å²) in [7, 11) is 0. The standard InChI is InChI=1S/C10H16ClN3/c1-8-6-12-9(13-7-8)14-10(2,3)4-5-11/h6-7H,4-5H2,1-3H3,(H,12,13,14). The summed E-state index contributed by atoms with van der Waals surface area (Å²) in [6.45, 7) is 6.13. The molecule has 1 rings (SSSR count). The van der Waals surface area contributed by atoms with E-state index in [0.717, 1.165) is 12.0 Å². The quantitative estimate of drug-likeness (QED) is 0.782. The van der Waals surface area contributed by atoms with Gasteiger partial charge in [-0.05, 0) is 32.8 Å². The number of nitrogens with one attached hydrogen (secondary N) is 1. The Kier molecular flexibility index (Phi) is 3.69. The second kappa shape index (κ2) is 4.60. The van der Waals surface area contributed by atoms with Gasteiger partial charge in [0, 0.05) is 23.8 Å². The summed E-state index contributed by atoms with van der Waals surface area (Å²) < 4.78 is 0. The number of anilines is 1. The van der Waals surface area contributed by atoms with Crippen LogP contribution in [0, 0.1) is 6.92 Å². The minimum absolute atomic E-state index is 0.0585. The number of alkyl halides is 1. The SMILES string of the molecule is Cc1cnc(NC(C)(C)CCCl)nc1. The Morgan fingerprint density at radius 1 is 1.36 bits per heavy atom. The number of nitrogens with zero attached hydrogens (tertiary/aromatic N) is 2. The predicted octanol–water partition coefficient (Wildman–Crippen LogP) is 2.60. The van der Waals surface area contributed by atoms with Gasteiger partial charge in [-0.15, -0.1) is 11.6 Å². The zero-order chi connectivity index (χ0) is 10.6. The summed E-state index contributed by atoms with van der Waals surface area (Å²) in [6, 6.07) is 0. The largest absolute Gasteiger partial charge is 0.349 e. The summed E-state index contributed by atoms with van der Waals surface area (Å²) in [6.07, 6.45) is 4.48. The van der Waals surface area contributed by atoms with Crippen molar-refractivity contribution in [1.29, 1.82) is 0 Å². The molecule has 0 atom stereocenters. The Morgan fingerprint density at radius 3 is 2.43 bits per heavy atom. The van der Waals surface area contributed by atoms with Crippen LogP contribution in [0.15, 0.2) is 12.4 Å². The first-order valence-corrected chi connectivity index (χ1v) is 5.20. The normalized spacial score (nSPS) is 11.4. The number of halogens is 1. The van der Waals surface area contributed by atoms with E-state index >= 15 is 0 Å². The molecule has 0 radical (unpaired) electrons. The Bertz CT molecular complexity index is 282. The number of hydrogen-bond donors (Lipinski definition) is 1. The van der Waals surface area contributed by atoms with Gasteiger partial charge in [0.15, 0.2) is 0 Å². The third-order valence-corrected chi connectivity index (χ3v) is 2.14. The Balaban J connectivity index is 2.64. The number of rotatable bonds is 4. The van der Waals surface area contributed by atoms with Crippen molar-refractivity contribution >= 4 is 17.5 Å². The highest BCUT2D eigenvalue weighted by molar-refractivity contribution is 6.17. The number of hydrogen-bond acceptors (Lipinski definition) is 3. The van der Waals surface area contributed by atoms with Crippen LogP contribution >= 0.6 is 11.6 Å². The highest BCUT2D eigenvalue weighted by atomic mass is 35.5. The molecule has 0 saturated carbocycles. The maximum atomic E-state index is 5.70. The highest BCUT2D eigenvalue weighted by Gasteiger charge is 2.17. The molecule has 0 bridgehead atoms. The Hall–Kier alpha value is -0.830. The fourth-order valence-corrected chi connectivity index (χ4v) is 1.53. The van der Waals surface area contributed by atoms with Crippen LogP contribution < -0.4 is 5.32 Å². The van der Waals surface area contributed by atoms with E-state index in [9.17, 15) is 0 Å². The third kappa shape index (κ3) is 3.50. The Labute approximate surface area is 89.9 Å². The van der Waals surface area contributed by atoms with Crippen molar-refractivity contribution in [3.8, 4) is 0 Å². The van der Waals surface area contributed by atoms with Crippen molar-refractivity contribution in [2.75, 3.05) is 11.2 Å². The molecule has 14 heavy (non-hydrogen) atoms. The smallest absolute Gasteiger partial charge is 0.223 e. The third-order valence-electron chi connectivity index (χ3n) is 1.95. The summed E-state index contributed by atoms with van der Waals surface area (Å²) in [5, 5.41) is 3.24. The zero-order valence-electron chi connectivity index (χ0n) is 8.84. The molecule has 4 heteroatoms. The van der Waals surface area contributed by atoms with Gasteiger partial charge in [0.1, 0.15) is 0 Å². The van der Waals surface area contributed by atoms with Crippen LogP contribution in [0.5, 0.6) is 0 Å². The summed E-state index contributed by atoms with van der Waals surface area (Å²) in [5.41, 5.74) is 1.00. The minimum Gasteiger partial charge on any atom is -0.349 e. The highest BCUT2D eigenvalue weighted by Crippen LogP contribution is 2.15. The lowest BCUT2D eigenvalue weighted by Gasteiger charge is -2.25. The van der Waals surface area contributed by atoms with Crippen molar-refractivity contribution in [3.05, 3.63) is 18.0 Å². The molecule has 0 spiro atoms. The van der Waals surface area contributed by atoms with Crippen LogP contribution in [0.2, 0.25) is 0 Å². The molecule has 3 nitrogen and oxygen atoms in total. The maximum Gasteiger partial charge on any atom is 0.223 e. The molecule has 1 N–H and O–H groups in total. The second-order valence-corrected chi connectivity index (χ2v) is 4.41. The van der Waals surface area contributed by atoms with E-state index in [-0.39, 0.29) is 5.54 Å². The van der Waals surface area contributed by atoms with Gasteiger partial charge in [-0.2, -0.15) is 0 Å². The topological polar surface area (TPSA) is 37.8 Å². The number of aromatic nitrogens is 2. The molecule has 78 valence electrons. The van der Waals surface area contributed by atoms with E-state index in [1.165, 1.54) is 0 Å². The first kappa shape index (κ1) is 11.2. The molecule has 0 saturated heterocycles. The van der Waals surface area contributed by atoms with E-state index in [4.69, 9.17) is 11.6 Å². The summed E-state index contributed by atoms with van der Waals surface area (Å²) >= 11 is 5.70. The molecule has 1 aromatic rings. The molecular weight excluding hydrogens is 198 g/mol. The van der Waals surface area contributed by atoms with Gasteiger partial charge in [-0.1, -0.05) is 0 Å². The molecule has 0 fully saturated rings. The van der Waals surface area contributed by atoms with Gasteiger partial charge in [-0.25, -0.2) is 9.97 Å². The molecule has 1 aromatic heterocycles. The van der Waals surface area contributed by atoms with E-state index in [0.29, 0.717) is 11.8 Å². The predicted molar refractivity (Wildman–Crippen MR) is 59.8 cm³/mol. The van der Waals surface area contributed by atoms with Gasteiger partial charge in [-0.3, -0.25) is 0 Å². The first-order valence-electron chi connectivity index (χ1n) is 4.66. The lowest BCUT2D eigenvalue weighted by molar-refractivity contribution is 0.545. The zero-order valence-corrected chi connectivity index (χ0v) is 9.60. The monoisotopic (exact) mass is 213 g/mol. The van der Waals surface area contributed by atoms with Crippen molar-refractivity contribution in [1.82, 2.24) is 9.97 Å². The lowest BCUT2D eigenvalue weighted by atomic mass is 10.0. The molecule has 0 aliphatic rings. The van der Waals surface area contributed by atoms with Crippen LogP contribution in [-0.2, 0) is 0 Å². The minimum atomic E-state index is -0.0585. The average Bonchev–Trinajstić information content (AvgIpc) is 2.08. The van der Waals surface area contributed by atoms with E-state index in [1.807, 2.05) is 6.92 Å². The van der Waals surface area contributed by atoms with E-state index in [2.05, 4.69) is 29.1 Å². The van der Waals surface area contributed by atoms with Crippen LogP contribution in [0.4, 0.5) is 5.95 Å². The van der Waals surface area contributed by atoms with Crippen molar-refractivity contribution in [2.24, 2.45) is 0 Å². The Morgan fingerprint density at radius 2 is 1.93 bits per heavy atom. The van der Waals surface area contributed by atoms with E-state index < -0.39 is 0 Å². The first-order chi connectivity index (χ1) is 6.53. The average molecular weight is 214 g/mol. The van der Waals surface area contributed by atoms with Gasteiger partial charge in [0.25, 0.3) is 0 Å². The van der Waals surface area contributed by atoms with Crippen LogP contribution in [0.3, 0.4) is 0 Å². The molecule has 0 aliphatic heterocycles. The van der Waals surface area contributed by atoms with Gasteiger partial charge >= 0.3 is 0 Å². The van der Waals surface area contributed by atoms with Crippen molar-refractivity contribution in [3.63, 3.8) is 0 Å². The summed E-state index contributed by atoms with van der Waals surface area (Å²) in [4.78, 5) is 8.36. The van der Waals surface area contributed by atoms with Crippen LogP contribution in [-0.4, -0.2) is 21.4 Å². The summed E-state index contributed by atoms with van der Waals surface area (Å²) in [5.74, 6) is 1.29. The molecule has 1 heterocycles. The fraction of sp³-hybridized carbons (Fsp3) is 0.600. The molecule has 0 aromatic carbocycles. The molecule has 0 unspecified atom stereocenters. The fourth-order valence-electron chi connectivity index (χ4n) is 1.06. The van der Waals surface area contributed by atoms with Crippen molar-refractivity contribution in [2.45, 2.75) is 32.7 Å². The lowest BCUT2D eigenvalue weighted by Crippen LogP contribution is -2.32. The second-order valence-electron chi connectivity index (χ2n) is 4.03. The van der Waals surface area contributed by atoms with Crippen LogP contribution in [0.1, 0.15) is 25.8 Å². The van der Waals surface area contributed by atoms with Gasteiger partial charge < -0.3 is 5.32 Å². The van der Waals surface area contributed by atoms with Crippen LogP contribution in [0.25, 0.3) is 0 Å². The van der Waals surface area contributed by atoms with Gasteiger partial charge in [0.05, 0.1) is 0 Å². The molecular formula is C10H16ClN3. The van der Waals surface area contributed by atoms with E-state index in [1.54, 1.807) is 12.4 Å². The number of aryl methyl sites for hydroxylation is 1. The molecule has 0 aliphatic carbocycles.